The standard InChI is InChI=1S/C29H32ClN3O3/c1-19(27(35)31-29(2,3)4)33(18-20-9-5-12-22(30)17-20)25(34)15-8-16-32-24-14-7-11-21-10-6-13-23(26(21)24)28(32)36/h5-7,9-14,17,19H,8,15-16,18H2,1-4H3,(H,31,35)/t19-/m1/s1. The molecule has 1 aliphatic heterocycles. The summed E-state index contributed by atoms with van der Waals surface area (Å²) in [6.07, 6.45) is 0.693. The molecule has 0 fully saturated rings. The summed E-state index contributed by atoms with van der Waals surface area (Å²) >= 11 is 6.16. The van der Waals surface area contributed by atoms with Crippen LogP contribution in [0.3, 0.4) is 0 Å². The summed E-state index contributed by atoms with van der Waals surface area (Å²) in [6, 6.07) is 18.3. The molecule has 0 bridgehead atoms. The first-order chi connectivity index (χ1) is 17.0. The summed E-state index contributed by atoms with van der Waals surface area (Å²) in [5, 5.41) is 5.54. The van der Waals surface area contributed by atoms with Gasteiger partial charge in [-0.1, -0.05) is 48.0 Å². The summed E-state index contributed by atoms with van der Waals surface area (Å²) in [7, 11) is 0. The number of rotatable bonds is 8. The highest BCUT2D eigenvalue weighted by atomic mass is 35.5. The van der Waals surface area contributed by atoms with Crippen molar-refractivity contribution in [2.24, 2.45) is 0 Å². The molecule has 7 heteroatoms. The average Bonchev–Trinajstić information content (AvgIpc) is 3.09. The number of anilines is 1. The fourth-order valence-electron chi connectivity index (χ4n) is 4.62. The molecule has 1 aliphatic rings. The van der Waals surface area contributed by atoms with E-state index in [2.05, 4.69) is 5.32 Å². The van der Waals surface area contributed by atoms with Crippen molar-refractivity contribution in [3.8, 4) is 0 Å². The summed E-state index contributed by atoms with van der Waals surface area (Å²) < 4.78 is 0. The van der Waals surface area contributed by atoms with E-state index >= 15 is 0 Å². The van der Waals surface area contributed by atoms with Gasteiger partial charge in [0.15, 0.2) is 0 Å². The number of carbonyl (C=O) groups excluding carboxylic acids is 3. The highest BCUT2D eigenvalue weighted by molar-refractivity contribution is 6.30. The predicted octanol–water partition coefficient (Wildman–Crippen LogP) is 5.57. The number of nitrogens with zero attached hydrogens (tertiary/aromatic N) is 2. The first kappa shape index (κ1) is 25.7. The molecule has 0 aliphatic carbocycles. The van der Waals surface area contributed by atoms with Crippen molar-refractivity contribution in [2.75, 3.05) is 11.4 Å². The van der Waals surface area contributed by atoms with E-state index in [1.807, 2.05) is 69.3 Å². The summed E-state index contributed by atoms with van der Waals surface area (Å²) in [5.41, 5.74) is 2.02. The minimum Gasteiger partial charge on any atom is -0.350 e. The van der Waals surface area contributed by atoms with Crippen molar-refractivity contribution < 1.29 is 14.4 Å². The molecule has 3 amide bonds. The van der Waals surface area contributed by atoms with Crippen LogP contribution in [0.25, 0.3) is 10.8 Å². The van der Waals surface area contributed by atoms with Crippen LogP contribution in [0.1, 0.15) is 56.5 Å². The molecule has 188 valence electrons. The number of halogens is 1. The van der Waals surface area contributed by atoms with Crippen molar-refractivity contribution in [1.82, 2.24) is 10.2 Å². The van der Waals surface area contributed by atoms with Crippen molar-refractivity contribution in [3.63, 3.8) is 0 Å². The van der Waals surface area contributed by atoms with Crippen LogP contribution in [0.4, 0.5) is 5.69 Å². The van der Waals surface area contributed by atoms with Gasteiger partial charge < -0.3 is 15.1 Å². The third kappa shape index (κ3) is 5.54. The van der Waals surface area contributed by atoms with Crippen molar-refractivity contribution in [3.05, 3.63) is 76.8 Å². The lowest BCUT2D eigenvalue weighted by Gasteiger charge is -2.31. The molecule has 1 atom stereocenters. The second kappa shape index (κ2) is 10.3. The maximum Gasteiger partial charge on any atom is 0.258 e. The third-order valence-electron chi connectivity index (χ3n) is 6.33. The minimum absolute atomic E-state index is 0.0389. The van der Waals surface area contributed by atoms with Gasteiger partial charge in [-0.2, -0.15) is 0 Å². The van der Waals surface area contributed by atoms with Crippen LogP contribution in [0.5, 0.6) is 0 Å². The van der Waals surface area contributed by atoms with E-state index in [0.717, 1.165) is 22.0 Å². The molecule has 3 aromatic rings. The van der Waals surface area contributed by atoms with Gasteiger partial charge in [0, 0.05) is 41.0 Å². The molecule has 0 saturated carbocycles. The SMILES string of the molecule is C[C@H](C(=O)NC(C)(C)C)N(Cc1cccc(Cl)c1)C(=O)CCCN1C(=O)c2cccc3cccc1c23. The Bertz CT molecular complexity index is 1310. The van der Waals surface area contributed by atoms with Crippen LogP contribution in [0, 0.1) is 0 Å². The van der Waals surface area contributed by atoms with Gasteiger partial charge in [-0.05, 0) is 69.3 Å². The largest absolute Gasteiger partial charge is 0.350 e. The van der Waals surface area contributed by atoms with E-state index in [0.29, 0.717) is 23.6 Å². The van der Waals surface area contributed by atoms with E-state index in [-0.39, 0.29) is 30.7 Å². The fraction of sp³-hybridized carbons (Fsp3) is 0.345. The lowest BCUT2D eigenvalue weighted by molar-refractivity contribution is -0.141. The van der Waals surface area contributed by atoms with Gasteiger partial charge in [0.2, 0.25) is 11.8 Å². The smallest absolute Gasteiger partial charge is 0.258 e. The Morgan fingerprint density at radius 1 is 1.06 bits per heavy atom. The molecule has 1 heterocycles. The Kier molecular flexibility index (Phi) is 7.36. The molecule has 0 spiro atoms. The third-order valence-corrected chi connectivity index (χ3v) is 6.56. The molecule has 0 saturated heterocycles. The van der Waals surface area contributed by atoms with Crippen LogP contribution in [-0.4, -0.2) is 40.7 Å². The second-order valence-electron chi connectivity index (χ2n) is 10.3. The molecule has 4 rings (SSSR count). The van der Waals surface area contributed by atoms with Gasteiger partial charge in [-0.25, -0.2) is 0 Å². The van der Waals surface area contributed by atoms with Gasteiger partial charge in [0.25, 0.3) is 5.91 Å². The molecule has 36 heavy (non-hydrogen) atoms. The van der Waals surface area contributed by atoms with Crippen molar-refractivity contribution in [2.45, 2.75) is 58.7 Å². The summed E-state index contributed by atoms with van der Waals surface area (Å²) in [6.45, 7) is 8.16. The lowest BCUT2D eigenvalue weighted by atomic mass is 10.1. The van der Waals surface area contributed by atoms with Gasteiger partial charge in [0.1, 0.15) is 6.04 Å². The molecule has 1 N–H and O–H groups in total. The number of nitrogens with one attached hydrogen (secondary N) is 1. The minimum atomic E-state index is -0.665. The van der Waals surface area contributed by atoms with Gasteiger partial charge in [0.05, 0.1) is 5.69 Å². The van der Waals surface area contributed by atoms with Crippen LogP contribution < -0.4 is 10.2 Å². The quantitative estimate of drug-likeness (QED) is 0.435. The van der Waals surface area contributed by atoms with E-state index in [4.69, 9.17) is 11.6 Å². The zero-order valence-corrected chi connectivity index (χ0v) is 21.9. The zero-order valence-electron chi connectivity index (χ0n) is 21.2. The van der Waals surface area contributed by atoms with Crippen LogP contribution in [0.15, 0.2) is 60.7 Å². The number of hydrogen-bond donors (Lipinski definition) is 1. The maximum atomic E-state index is 13.4. The van der Waals surface area contributed by atoms with Crippen LogP contribution >= 0.6 is 11.6 Å². The van der Waals surface area contributed by atoms with E-state index in [1.165, 1.54) is 0 Å². The van der Waals surface area contributed by atoms with Gasteiger partial charge >= 0.3 is 0 Å². The summed E-state index contributed by atoms with van der Waals surface area (Å²) in [5.74, 6) is -0.397. The Morgan fingerprint density at radius 3 is 2.44 bits per heavy atom. The van der Waals surface area contributed by atoms with Crippen LogP contribution in [0.2, 0.25) is 5.02 Å². The Morgan fingerprint density at radius 2 is 1.75 bits per heavy atom. The number of carbonyl (C=O) groups is 3. The monoisotopic (exact) mass is 505 g/mol. The summed E-state index contributed by atoms with van der Waals surface area (Å²) in [4.78, 5) is 42.8. The Hall–Kier alpha value is -3.38. The highest BCUT2D eigenvalue weighted by Crippen LogP contribution is 2.37. The maximum absolute atomic E-state index is 13.4. The number of benzene rings is 3. The van der Waals surface area contributed by atoms with E-state index in [9.17, 15) is 14.4 Å². The number of hydrogen-bond acceptors (Lipinski definition) is 3. The highest BCUT2D eigenvalue weighted by Gasteiger charge is 2.31. The normalized spacial score (nSPS) is 13.7. The van der Waals surface area contributed by atoms with Gasteiger partial charge in [-0.15, -0.1) is 0 Å². The molecule has 0 unspecified atom stereocenters. The molecular formula is C29H32ClN3O3. The topological polar surface area (TPSA) is 69.7 Å². The Labute approximate surface area is 217 Å². The molecule has 3 aromatic carbocycles. The Balaban J connectivity index is 1.47. The molecular weight excluding hydrogens is 474 g/mol. The van der Waals surface area contributed by atoms with Gasteiger partial charge in [-0.3, -0.25) is 14.4 Å². The zero-order chi connectivity index (χ0) is 26.0. The van der Waals surface area contributed by atoms with E-state index < -0.39 is 11.6 Å². The molecule has 0 aromatic heterocycles. The van der Waals surface area contributed by atoms with Crippen molar-refractivity contribution >= 4 is 45.8 Å². The predicted molar refractivity (Wildman–Crippen MR) is 144 cm³/mol. The first-order valence-corrected chi connectivity index (χ1v) is 12.6. The molecule has 0 radical (unpaired) electrons. The van der Waals surface area contributed by atoms with Crippen LogP contribution in [-0.2, 0) is 16.1 Å². The first-order valence-electron chi connectivity index (χ1n) is 12.2. The van der Waals surface area contributed by atoms with Crippen molar-refractivity contribution in [1.29, 1.82) is 0 Å². The molecule has 6 nitrogen and oxygen atoms in total. The van der Waals surface area contributed by atoms with E-state index in [1.54, 1.807) is 28.9 Å². The lowest BCUT2D eigenvalue weighted by Crippen LogP contribution is -2.52. The average molecular weight is 506 g/mol. The fourth-order valence-corrected chi connectivity index (χ4v) is 4.83. The second-order valence-corrected chi connectivity index (χ2v) is 10.7. The number of amides is 3.